The van der Waals surface area contributed by atoms with Crippen LogP contribution in [0.4, 0.5) is 0 Å². The first-order valence-electron chi connectivity index (χ1n) is 5.59. The first kappa shape index (κ1) is 10.7. The molecule has 1 saturated heterocycles. The van der Waals surface area contributed by atoms with Gasteiger partial charge in [0.05, 0.1) is 0 Å². The average molecular weight is 204 g/mol. The number of aliphatic hydroxyl groups is 1. The zero-order chi connectivity index (χ0) is 10.7. The highest BCUT2D eigenvalue weighted by Gasteiger charge is 2.31. The first-order valence-corrected chi connectivity index (χ1v) is 5.59. The van der Waals surface area contributed by atoms with E-state index in [2.05, 4.69) is 11.8 Å². The van der Waals surface area contributed by atoms with E-state index in [-0.39, 0.29) is 0 Å². The molecule has 0 aliphatic carbocycles. The molecule has 0 amide bonds. The zero-order valence-corrected chi connectivity index (χ0v) is 9.02. The highest BCUT2D eigenvalue weighted by molar-refractivity contribution is 5.22. The van der Waals surface area contributed by atoms with Crippen molar-refractivity contribution in [1.82, 2.24) is 4.90 Å². The summed E-state index contributed by atoms with van der Waals surface area (Å²) >= 11 is 0. The molecule has 1 N–H and O–H groups in total. The van der Waals surface area contributed by atoms with Crippen LogP contribution in [0.5, 0.6) is 0 Å². The Hall–Kier alpha value is -0.860. The minimum absolute atomic E-state index is 0.881. The van der Waals surface area contributed by atoms with Crippen LogP contribution < -0.4 is 0 Å². The van der Waals surface area contributed by atoms with E-state index in [1.54, 1.807) is 0 Å². The highest BCUT2D eigenvalue weighted by atomic mass is 16.3. The predicted molar refractivity (Wildman–Crippen MR) is 61.1 cm³/mol. The molecule has 0 bridgehead atoms. The number of benzene rings is 1. The number of nitrogens with zero attached hydrogens (tertiary/aromatic N) is 1. The van der Waals surface area contributed by atoms with Gasteiger partial charge in [-0.1, -0.05) is 36.8 Å². The van der Waals surface area contributed by atoms with Crippen molar-refractivity contribution in [2.45, 2.75) is 25.0 Å². The van der Waals surface area contributed by atoms with Crippen molar-refractivity contribution in [1.29, 1.82) is 0 Å². The molecule has 1 aromatic carbocycles. The molecule has 2 rings (SSSR count). The number of hydrogen-bond acceptors (Lipinski definition) is 2. The minimum Gasteiger partial charge on any atom is -0.371 e. The van der Waals surface area contributed by atoms with Gasteiger partial charge in [-0.05, 0) is 25.3 Å². The second-order valence-electron chi connectivity index (χ2n) is 4.23. The quantitative estimate of drug-likeness (QED) is 0.798. The number of rotatable bonds is 2. The maximum absolute atomic E-state index is 10.4. The molecule has 0 aromatic heterocycles. The van der Waals surface area contributed by atoms with Gasteiger partial charge in [0.1, 0.15) is 5.72 Å². The van der Waals surface area contributed by atoms with E-state index < -0.39 is 5.72 Å². The Morgan fingerprint density at radius 2 is 1.67 bits per heavy atom. The second kappa shape index (κ2) is 4.33. The zero-order valence-electron chi connectivity index (χ0n) is 9.02. The lowest BCUT2D eigenvalue weighted by atomic mass is 10.00. The van der Waals surface area contributed by atoms with Crippen LogP contribution >= 0.6 is 0 Å². The third-order valence-electron chi connectivity index (χ3n) is 3.12. The molecule has 0 saturated carbocycles. The summed E-state index contributed by atoms with van der Waals surface area (Å²) in [5.74, 6) is 0. The van der Waals surface area contributed by atoms with Gasteiger partial charge in [0.25, 0.3) is 0 Å². The molecule has 2 heteroatoms. The molecule has 1 unspecified atom stereocenters. The third-order valence-corrected chi connectivity index (χ3v) is 3.12. The Kier molecular flexibility index (Phi) is 3.08. The van der Waals surface area contributed by atoms with Gasteiger partial charge < -0.3 is 5.11 Å². The summed E-state index contributed by atoms with van der Waals surface area (Å²) in [4.78, 5) is 2.06. The van der Waals surface area contributed by atoms with Crippen molar-refractivity contribution in [3.05, 3.63) is 42.8 Å². The highest BCUT2D eigenvalue weighted by Crippen LogP contribution is 2.27. The van der Waals surface area contributed by atoms with Crippen LogP contribution in [0.2, 0.25) is 0 Å². The standard InChI is InChI=1S/C13H18NO/c1-13(15,12-8-4-2-5-9-12)14-10-6-3-7-11-14/h2,4-5,8-9,15H,1,3,6-7,10-11H2. The maximum Gasteiger partial charge on any atom is 0.144 e. The smallest absolute Gasteiger partial charge is 0.144 e. The van der Waals surface area contributed by atoms with E-state index in [1.807, 2.05) is 30.3 Å². The molecule has 1 atom stereocenters. The van der Waals surface area contributed by atoms with Gasteiger partial charge in [-0.3, -0.25) is 4.90 Å². The van der Waals surface area contributed by atoms with Crippen molar-refractivity contribution in [3.63, 3.8) is 0 Å². The van der Waals surface area contributed by atoms with Crippen molar-refractivity contribution in [2.75, 3.05) is 13.1 Å². The summed E-state index contributed by atoms with van der Waals surface area (Å²) in [5, 5.41) is 10.4. The summed E-state index contributed by atoms with van der Waals surface area (Å²) in [6.45, 7) is 5.82. The summed E-state index contributed by atoms with van der Waals surface area (Å²) in [6.07, 6.45) is 3.58. The molecule has 1 aliphatic rings. The van der Waals surface area contributed by atoms with Gasteiger partial charge in [-0.15, -0.1) is 0 Å². The molecule has 1 heterocycles. The Balaban J connectivity index is 2.18. The Morgan fingerprint density at radius 1 is 1.07 bits per heavy atom. The van der Waals surface area contributed by atoms with Crippen LogP contribution in [0, 0.1) is 6.92 Å². The van der Waals surface area contributed by atoms with Gasteiger partial charge in [-0.25, -0.2) is 0 Å². The fraction of sp³-hybridized carbons (Fsp3) is 0.462. The number of likely N-dealkylation sites (tertiary alicyclic amines) is 1. The van der Waals surface area contributed by atoms with Crippen molar-refractivity contribution in [3.8, 4) is 0 Å². The first-order chi connectivity index (χ1) is 7.21. The topological polar surface area (TPSA) is 23.5 Å². The molecule has 1 aliphatic heterocycles. The molecule has 15 heavy (non-hydrogen) atoms. The summed E-state index contributed by atoms with van der Waals surface area (Å²) in [7, 11) is 0. The van der Waals surface area contributed by atoms with Crippen LogP contribution in [0.25, 0.3) is 0 Å². The lowest BCUT2D eigenvalue weighted by molar-refractivity contribution is -0.0856. The van der Waals surface area contributed by atoms with Crippen LogP contribution in [0.3, 0.4) is 0 Å². The monoisotopic (exact) mass is 204 g/mol. The van der Waals surface area contributed by atoms with E-state index in [0.29, 0.717) is 0 Å². The fourth-order valence-corrected chi connectivity index (χ4v) is 2.15. The van der Waals surface area contributed by atoms with Gasteiger partial charge in [0.2, 0.25) is 0 Å². The fourth-order valence-electron chi connectivity index (χ4n) is 2.15. The maximum atomic E-state index is 10.4. The second-order valence-corrected chi connectivity index (χ2v) is 4.23. The third kappa shape index (κ3) is 2.21. The van der Waals surface area contributed by atoms with E-state index >= 15 is 0 Å². The summed E-state index contributed by atoms with van der Waals surface area (Å²) in [6, 6.07) is 9.70. The van der Waals surface area contributed by atoms with E-state index in [4.69, 9.17) is 0 Å². The largest absolute Gasteiger partial charge is 0.371 e. The van der Waals surface area contributed by atoms with Crippen LogP contribution in [-0.4, -0.2) is 23.1 Å². The van der Waals surface area contributed by atoms with Crippen LogP contribution in [0.1, 0.15) is 24.8 Å². The van der Waals surface area contributed by atoms with E-state index in [9.17, 15) is 5.11 Å². The van der Waals surface area contributed by atoms with Gasteiger partial charge in [0, 0.05) is 13.1 Å². The number of piperidine rings is 1. The molecule has 1 aromatic rings. The molecular weight excluding hydrogens is 186 g/mol. The molecule has 81 valence electrons. The minimum atomic E-state index is -1.05. The Labute approximate surface area is 91.5 Å². The predicted octanol–water partition coefficient (Wildman–Crippen LogP) is 2.15. The Bertz CT molecular complexity index is 302. The lowest BCUT2D eigenvalue weighted by Gasteiger charge is -2.39. The van der Waals surface area contributed by atoms with Crippen molar-refractivity contribution in [2.24, 2.45) is 0 Å². The van der Waals surface area contributed by atoms with Crippen molar-refractivity contribution < 1.29 is 5.11 Å². The van der Waals surface area contributed by atoms with E-state index in [1.165, 1.54) is 6.42 Å². The van der Waals surface area contributed by atoms with E-state index in [0.717, 1.165) is 31.5 Å². The average Bonchev–Trinajstić information content (AvgIpc) is 2.31. The van der Waals surface area contributed by atoms with Crippen molar-refractivity contribution >= 4 is 0 Å². The van der Waals surface area contributed by atoms with Crippen LogP contribution in [-0.2, 0) is 5.72 Å². The number of hydrogen-bond donors (Lipinski definition) is 1. The lowest BCUT2D eigenvalue weighted by Crippen LogP contribution is -2.46. The van der Waals surface area contributed by atoms with Gasteiger partial charge in [-0.2, -0.15) is 0 Å². The summed E-state index contributed by atoms with van der Waals surface area (Å²) < 4.78 is 0. The molecule has 1 fully saturated rings. The molecular formula is C13H18NO. The normalized spacial score (nSPS) is 22.3. The molecule has 1 radical (unpaired) electrons. The Morgan fingerprint density at radius 3 is 2.27 bits per heavy atom. The van der Waals surface area contributed by atoms with Gasteiger partial charge in [0.15, 0.2) is 0 Å². The molecule has 0 spiro atoms. The molecule has 2 nitrogen and oxygen atoms in total. The van der Waals surface area contributed by atoms with Gasteiger partial charge >= 0.3 is 0 Å². The SMILES string of the molecule is [CH2]C(O)(c1ccccc1)N1CCCCC1. The van der Waals surface area contributed by atoms with Crippen LogP contribution in [0.15, 0.2) is 30.3 Å². The summed E-state index contributed by atoms with van der Waals surface area (Å²) in [5.41, 5.74) is -0.172.